The van der Waals surface area contributed by atoms with Gasteiger partial charge in [-0.15, -0.1) is 11.3 Å². The summed E-state index contributed by atoms with van der Waals surface area (Å²) < 4.78 is 11.8. The monoisotopic (exact) mass is 300 g/mol. The predicted octanol–water partition coefficient (Wildman–Crippen LogP) is 3.42. The third-order valence-electron chi connectivity index (χ3n) is 3.73. The summed E-state index contributed by atoms with van der Waals surface area (Å²) in [5.41, 5.74) is 2.22. The molecule has 3 aromatic rings. The minimum Gasteiger partial charge on any atom is -0.488 e. The van der Waals surface area contributed by atoms with E-state index in [1.807, 2.05) is 25.3 Å². The van der Waals surface area contributed by atoms with Crippen LogP contribution in [0.3, 0.4) is 0 Å². The van der Waals surface area contributed by atoms with Gasteiger partial charge in [-0.05, 0) is 25.1 Å². The number of nitrogens with one attached hydrogen (secondary N) is 1. The SMILES string of the molecule is Cc1ncc(COc2ccc3oc4c(c3c2)CNCC4)s1. The summed E-state index contributed by atoms with van der Waals surface area (Å²) in [5, 5.41) is 5.62. The minimum atomic E-state index is 0.565. The van der Waals surface area contributed by atoms with E-state index in [-0.39, 0.29) is 0 Å². The number of nitrogens with zero attached hydrogens (tertiary/aromatic N) is 1. The van der Waals surface area contributed by atoms with Crippen LogP contribution in [0.15, 0.2) is 28.8 Å². The van der Waals surface area contributed by atoms with Crippen molar-refractivity contribution in [2.75, 3.05) is 6.54 Å². The van der Waals surface area contributed by atoms with Gasteiger partial charge < -0.3 is 14.5 Å². The van der Waals surface area contributed by atoms with Crippen molar-refractivity contribution in [1.82, 2.24) is 10.3 Å². The number of ether oxygens (including phenoxy) is 1. The van der Waals surface area contributed by atoms with Gasteiger partial charge in [0, 0.05) is 36.7 Å². The molecule has 4 nitrogen and oxygen atoms in total. The molecule has 2 aromatic heterocycles. The lowest BCUT2D eigenvalue weighted by Gasteiger charge is -2.11. The smallest absolute Gasteiger partial charge is 0.134 e. The van der Waals surface area contributed by atoms with E-state index in [4.69, 9.17) is 9.15 Å². The van der Waals surface area contributed by atoms with Crippen LogP contribution in [0.25, 0.3) is 11.0 Å². The summed E-state index contributed by atoms with van der Waals surface area (Å²) in [6.07, 6.45) is 2.84. The van der Waals surface area contributed by atoms with Crippen LogP contribution in [0.1, 0.15) is 21.2 Å². The van der Waals surface area contributed by atoms with E-state index in [2.05, 4.69) is 16.4 Å². The van der Waals surface area contributed by atoms with Gasteiger partial charge in [0.25, 0.3) is 0 Å². The predicted molar refractivity (Wildman–Crippen MR) is 82.8 cm³/mol. The first kappa shape index (κ1) is 12.9. The summed E-state index contributed by atoms with van der Waals surface area (Å²) in [5.74, 6) is 1.99. The van der Waals surface area contributed by atoms with Gasteiger partial charge in [0.1, 0.15) is 23.7 Å². The molecule has 4 rings (SSSR count). The van der Waals surface area contributed by atoms with E-state index < -0.39 is 0 Å². The fourth-order valence-corrected chi connectivity index (χ4v) is 3.41. The Balaban J connectivity index is 1.61. The van der Waals surface area contributed by atoms with Crippen LogP contribution < -0.4 is 10.1 Å². The van der Waals surface area contributed by atoms with Crippen molar-refractivity contribution in [3.05, 3.63) is 45.6 Å². The number of hydrogen-bond donors (Lipinski definition) is 1. The van der Waals surface area contributed by atoms with E-state index in [9.17, 15) is 0 Å². The molecule has 1 aromatic carbocycles. The second-order valence-electron chi connectivity index (χ2n) is 5.22. The number of aromatic nitrogens is 1. The van der Waals surface area contributed by atoms with Crippen molar-refractivity contribution >= 4 is 22.3 Å². The van der Waals surface area contributed by atoms with E-state index in [1.54, 1.807) is 11.3 Å². The molecule has 0 radical (unpaired) electrons. The maximum Gasteiger partial charge on any atom is 0.134 e. The topological polar surface area (TPSA) is 47.3 Å². The second-order valence-corrected chi connectivity index (χ2v) is 6.54. The van der Waals surface area contributed by atoms with E-state index in [0.717, 1.165) is 51.9 Å². The Morgan fingerprint density at radius 3 is 3.24 bits per heavy atom. The van der Waals surface area contributed by atoms with Crippen LogP contribution in [-0.2, 0) is 19.6 Å². The molecule has 21 heavy (non-hydrogen) atoms. The van der Waals surface area contributed by atoms with Gasteiger partial charge in [-0.3, -0.25) is 0 Å². The largest absolute Gasteiger partial charge is 0.488 e. The van der Waals surface area contributed by atoms with Gasteiger partial charge in [0.05, 0.1) is 9.88 Å². The van der Waals surface area contributed by atoms with Crippen molar-refractivity contribution in [3.63, 3.8) is 0 Å². The summed E-state index contributed by atoms with van der Waals surface area (Å²) >= 11 is 1.67. The number of benzene rings is 1. The normalized spacial score (nSPS) is 14.3. The molecular weight excluding hydrogens is 284 g/mol. The molecule has 0 aliphatic carbocycles. The highest BCUT2D eigenvalue weighted by molar-refractivity contribution is 7.11. The highest BCUT2D eigenvalue weighted by Crippen LogP contribution is 2.31. The fraction of sp³-hybridized carbons (Fsp3) is 0.312. The van der Waals surface area contributed by atoms with Crippen LogP contribution in [0.2, 0.25) is 0 Å². The van der Waals surface area contributed by atoms with Gasteiger partial charge in [-0.2, -0.15) is 0 Å². The number of furan rings is 1. The molecule has 0 spiro atoms. The van der Waals surface area contributed by atoms with E-state index in [1.165, 1.54) is 5.56 Å². The van der Waals surface area contributed by atoms with Crippen molar-refractivity contribution in [3.8, 4) is 5.75 Å². The van der Waals surface area contributed by atoms with Gasteiger partial charge in [0.2, 0.25) is 0 Å². The molecule has 0 saturated heterocycles. The van der Waals surface area contributed by atoms with Crippen LogP contribution in [0.5, 0.6) is 5.75 Å². The van der Waals surface area contributed by atoms with Crippen molar-refractivity contribution in [2.45, 2.75) is 26.5 Å². The van der Waals surface area contributed by atoms with Crippen molar-refractivity contribution < 1.29 is 9.15 Å². The van der Waals surface area contributed by atoms with Gasteiger partial charge in [0.15, 0.2) is 0 Å². The molecule has 1 aliphatic heterocycles. The average Bonchev–Trinajstić information content (AvgIpc) is 3.08. The Labute approximate surface area is 126 Å². The molecule has 5 heteroatoms. The third-order valence-corrected chi connectivity index (χ3v) is 4.61. The molecule has 0 atom stereocenters. The standard InChI is InChI=1S/C16H16N2O2S/c1-10-18-7-12(21-10)9-19-11-2-3-15-13(6-11)14-8-17-5-4-16(14)20-15/h2-3,6-7,17H,4-5,8-9H2,1H3. The first-order valence-electron chi connectivity index (χ1n) is 7.09. The quantitative estimate of drug-likeness (QED) is 0.805. The molecule has 3 heterocycles. The Hall–Kier alpha value is -1.85. The molecule has 0 fully saturated rings. The Morgan fingerprint density at radius 2 is 2.38 bits per heavy atom. The van der Waals surface area contributed by atoms with Gasteiger partial charge in [-0.1, -0.05) is 0 Å². The number of rotatable bonds is 3. The van der Waals surface area contributed by atoms with Gasteiger partial charge in [-0.25, -0.2) is 4.98 Å². The molecule has 108 valence electrons. The third kappa shape index (κ3) is 2.43. The Kier molecular flexibility index (Phi) is 3.16. The first-order valence-corrected chi connectivity index (χ1v) is 7.90. The Morgan fingerprint density at radius 1 is 1.43 bits per heavy atom. The maximum absolute atomic E-state index is 5.91. The van der Waals surface area contributed by atoms with E-state index >= 15 is 0 Å². The lowest BCUT2D eigenvalue weighted by Crippen LogP contribution is -2.22. The van der Waals surface area contributed by atoms with E-state index in [0.29, 0.717) is 6.61 Å². The zero-order valence-electron chi connectivity index (χ0n) is 11.8. The first-order chi connectivity index (χ1) is 10.3. The Bertz CT molecular complexity index is 791. The zero-order valence-corrected chi connectivity index (χ0v) is 12.6. The van der Waals surface area contributed by atoms with Crippen molar-refractivity contribution in [1.29, 1.82) is 0 Å². The highest BCUT2D eigenvalue weighted by atomic mass is 32.1. The summed E-state index contributed by atoms with van der Waals surface area (Å²) in [6, 6.07) is 6.05. The average molecular weight is 300 g/mol. The molecular formula is C16H16N2O2S. The zero-order chi connectivity index (χ0) is 14.2. The minimum absolute atomic E-state index is 0.565. The number of fused-ring (bicyclic) bond motifs is 3. The molecule has 1 N–H and O–H groups in total. The summed E-state index contributed by atoms with van der Waals surface area (Å²) in [7, 11) is 0. The maximum atomic E-state index is 5.91. The molecule has 0 unspecified atom stereocenters. The summed E-state index contributed by atoms with van der Waals surface area (Å²) in [4.78, 5) is 5.39. The number of aryl methyl sites for hydroxylation is 1. The van der Waals surface area contributed by atoms with Gasteiger partial charge >= 0.3 is 0 Å². The molecule has 0 amide bonds. The molecule has 0 saturated carbocycles. The number of thiazole rings is 1. The second kappa shape index (κ2) is 5.16. The van der Waals surface area contributed by atoms with Crippen LogP contribution >= 0.6 is 11.3 Å². The van der Waals surface area contributed by atoms with Crippen LogP contribution in [0, 0.1) is 6.92 Å². The summed E-state index contributed by atoms with van der Waals surface area (Å²) in [6.45, 7) is 4.43. The lowest BCUT2D eigenvalue weighted by atomic mass is 10.1. The molecule has 1 aliphatic rings. The lowest BCUT2D eigenvalue weighted by molar-refractivity contribution is 0.310. The van der Waals surface area contributed by atoms with Crippen molar-refractivity contribution in [2.24, 2.45) is 0 Å². The number of hydrogen-bond acceptors (Lipinski definition) is 5. The van der Waals surface area contributed by atoms with Crippen LogP contribution in [-0.4, -0.2) is 11.5 Å². The molecule has 0 bridgehead atoms. The fourth-order valence-electron chi connectivity index (χ4n) is 2.71. The highest BCUT2D eigenvalue weighted by Gasteiger charge is 2.17. The van der Waals surface area contributed by atoms with Crippen LogP contribution in [0.4, 0.5) is 0 Å².